The smallest absolute Gasteiger partial charge is 0.259 e. The Kier molecular flexibility index (Phi) is 5.25. The van der Waals surface area contributed by atoms with Crippen molar-refractivity contribution in [2.24, 2.45) is 7.05 Å². The summed E-state index contributed by atoms with van der Waals surface area (Å²) in [5.74, 6) is -1.09. The molecule has 0 radical (unpaired) electrons. The molecule has 0 bridgehead atoms. The Morgan fingerprint density at radius 2 is 2.00 bits per heavy atom. The summed E-state index contributed by atoms with van der Waals surface area (Å²) in [5, 5.41) is 6.55. The number of carbonyl (C=O) groups is 1. The van der Waals surface area contributed by atoms with Gasteiger partial charge in [0.15, 0.2) is 0 Å². The summed E-state index contributed by atoms with van der Waals surface area (Å²) in [6.07, 6.45) is 1.39. The van der Waals surface area contributed by atoms with Gasteiger partial charge in [-0.15, -0.1) is 0 Å². The van der Waals surface area contributed by atoms with Crippen LogP contribution in [0.3, 0.4) is 0 Å². The van der Waals surface area contributed by atoms with Crippen molar-refractivity contribution >= 4 is 34.8 Å². The van der Waals surface area contributed by atoms with E-state index in [4.69, 9.17) is 23.2 Å². The number of benzene rings is 2. The SMILES string of the molecule is Cn1cc(C(=O)Nc2ccccc2-c2ccc(F)c(Cl)c2)c(C(F)Cl)n1. The Balaban J connectivity index is 1.96. The van der Waals surface area contributed by atoms with Gasteiger partial charge in [-0.1, -0.05) is 47.5 Å². The number of aromatic nitrogens is 2. The standard InChI is InChI=1S/C18H13Cl2F2N3O/c1-25-9-12(16(24-25)17(20)22)18(26)23-15-5-3-2-4-11(15)10-6-7-14(21)13(19)8-10/h2-9,17H,1H3,(H,23,26). The third kappa shape index (κ3) is 3.71. The summed E-state index contributed by atoms with van der Waals surface area (Å²) in [5.41, 5.74) is -0.311. The molecule has 1 aromatic heterocycles. The molecule has 0 saturated heterocycles. The number of para-hydroxylation sites is 1. The van der Waals surface area contributed by atoms with Gasteiger partial charge in [0.1, 0.15) is 11.5 Å². The molecule has 1 amide bonds. The summed E-state index contributed by atoms with van der Waals surface area (Å²) in [6.45, 7) is 0. The van der Waals surface area contributed by atoms with E-state index >= 15 is 0 Å². The maximum atomic E-state index is 13.5. The summed E-state index contributed by atoms with van der Waals surface area (Å²) in [6, 6.07) is 11.2. The molecule has 134 valence electrons. The van der Waals surface area contributed by atoms with Crippen LogP contribution in [0.25, 0.3) is 11.1 Å². The van der Waals surface area contributed by atoms with Gasteiger partial charge >= 0.3 is 0 Å². The van der Waals surface area contributed by atoms with Crippen molar-refractivity contribution in [2.75, 3.05) is 5.32 Å². The van der Waals surface area contributed by atoms with Gasteiger partial charge in [-0.2, -0.15) is 5.10 Å². The Hall–Kier alpha value is -2.44. The summed E-state index contributed by atoms with van der Waals surface area (Å²) in [7, 11) is 1.56. The molecule has 0 aliphatic carbocycles. The van der Waals surface area contributed by atoms with Gasteiger partial charge in [-0.05, 0) is 23.8 Å². The maximum absolute atomic E-state index is 13.5. The third-order valence-electron chi connectivity index (χ3n) is 3.71. The van der Waals surface area contributed by atoms with Crippen molar-refractivity contribution in [3.05, 3.63) is 70.8 Å². The molecule has 1 N–H and O–H groups in total. The van der Waals surface area contributed by atoms with Crippen molar-refractivity contribution in [2.45, 2.75) is 5.63 Å². The van der Waals surface area contributed by atoms with Crippen LogP contribution in [-0.2, 0) is 7.05 Å². The van der Waals surface area contributed by atoms with Crippen LogP contribution in [0.4, 0.5) is 14.5 Å². The molecule has 0 spiro atoms. The minimum absolute atomic E-state index is 0.0272. The lowest BCUT2D eigenvalue weighted by atomic mass is 10.0. The largest absolute Gasteiger partial charge is 0.321 e. The number of nitrogens with zero attached hydrogens (tertiary/aromatic N) is 2. The molecule has 0 fully saturated rings. The van der Waals surface area contributed by atoms with Crippen LogP contribution in [0.2, 0.25) is 5.02 Å². The second kappa shape index (κ2) is 7.43. The Bertz CT molecular complexity index is 973. The van der Waals surface area contributed by atoms with Gasteiger partial charge in [0.25, 0.3) is 5.91 Å². The number of halogens is 4. The average Bonchev–Trinajstić information content (AvgIpc) is 3.00. The number of rotatable bonds is 4. The molecule has 0 aliphatic rings. The van der Waals surface area contributed by atoms with Gasteiger partial charge in [0, 0.05) is 24.5 Å². The van der Waals surface area contributed by atoms with Crippen molar-refractivity contribution in [1.29, 1.82) is 0 Å². The fourth-order valence-corrected chi connectivity index (χ4v) is 2.88. The van der Waals surface area contributed by atoms with Crippen LogP contribution < -0.4 is 5.32 Å². The van der Waals surface area contributed by atoms with Crippen molar-refractivity contribution in [3.8, 4) is 11.1 Å². The van der Waals surface area contributed by atoms with E-state index in [0.717, 1.165) is 0 Å². The molecule has 26 heavy (non-hydrogen) atoms. The predicted octanol–water partition coefficient (Wildman–Crippen LogP) is 5.34. The highest BCUT2D eigenvalue weighted by atomic mass is 35.5. The second-order valence-electron chi connectivity index (χ2n) is 5.53. The topological polar surface area (TPSA) is 46.9 Å². The highest BCUT2D eigenvalue weighted by Crippen LogP contribution is 2.31. The highest BCUT2D eigenvalue weighted by Gasteiger charge is 2.22. The minimum atomic E-state index is -1.90. The monoisotopic (exact) mass is 395 g/mol. The number of hydrogen-bond acceptors (Lipinski definition) is 2. The zero-order chi connectivity index (χ0) is 18.8. The number of anilines is 1. The quantitative estimate of drug-likeness (QED) is 0.606. The first-order valence-electron chi connectivity index (χ1n) is 7.54. The molecule has 3 aromatic rings. The van der Waals surface area contributed by atoms with Crippen molar-refractivity contribution < 1.29 is 13.6 Å². The Labute approximate surface area is 158 Å². The van der Waals surface area contributed by atoms with E-state index in [-0.39, 0.29) is 16.3 Å². The van der Waals surface area contributed by atoms with Crippen LogP contribution >= 0.6 is 23.2 Å². The lowest BCUT2D eigenvalue weighted by Crippen LogP contribution is -2.14. The van der Waals surface area contributed by atoms with Gasteiger partial charge in [0.2, 0.25) is 5.63 Å². The Morgan fingerprint density at radius 3 is 2.69 bits per heavy atom. The van der Waals surface area contributed by atoms with E-state index in [1.54, 1.807) is 37.4 Å². The number of amides is 1. The number of aryl methyl sites for hydroxylation is 1. The van der Waals surface area contributed by atoms with E-state index in [1.807, 2.05) is 0 Å². The fourth-order valence-electron chi connectivity index (χ4n) is 2.54. The zero-order valence-corrected chi connectivity index (χ0v) is 15.0. The van der Waals surface area contributed by atoms with E-state index in [1.165, 1.54) is 23.0 Å². The van der Waals surface area contributed by atoms with Gasteiger partial charge < -0.3 is 5.32 Å². The molecule has 8 heteroatoms. The molecule has 4 nitrogen and oxygen atoms in total. The van der Waals surface area contributed by atoms with Crippen LogP contribution in [0.5, 0.6) is 0 Å². The second-order valence-corrected chi connectivity index (χ2v) is 6.32. The number of nitrogens with one attached hydrogen (secondary N) is 1. The fraction of sp³-hybridized carbons (Fsp3) is 0.111. The first-order valence-corrected chi connectivity index (χ1v) is 8.35. The molecular formula is C18H13Cl2F2N3O. The predicted molar refractivity (Wildman–Crippen MR) is 97.7 cm³/mol. The van der Waals surface area contributed by atoms with Crippen molar-refractivity contribution in [3.63, 3.8) is 0 Å². The Morgan fingerprint density at radius 1 is 1.27 bits per heavy atom. The van der Waals surface area contributed by atoms with E-state index in [0.29, 0.717) is 16.8 Å². The molecular weight excluding hydrogens is 383 g/mol. The number of carbonyl (C=O) groups excluding carboxylic acids is 1. The number of hydrogen-bond donors (Lipinski definition) is 1. The maximum Gasteiger partial charge on any atom is 0.259 e. The summed E-state index contributed by atoms with van der Waals surface area (Å²) >= 11 is 11.3. The molecule has 2 aromatic carbocycles. The van der Waals surface area contributed by atoms with Gasteiger partial charge in [-0.3, -0.25) is 9.48 Å². The lowest BCUT2D eigenvalue weighted by molar-refractivity contribution is 0.102. The van der Waals surface area contributed by atoms with Crippen LogP contribution in [0.1, 0.15) is 21.7 Å². The number of alkyl halides is 2. The lowest BCUT2D eigenvalue weighted by Gasteiger charge is -2.12. The van der Waals surface area contributed by atoms with Gasteiger partial charge in [0.05, 0.1) is 10.6 Å². The van der Waals surface area contributed by atoms with Crippen LogP contribution in [0, 0.1) is 5.82 Å². The zero-order valence-electron chi connectivity index (χ0n) is 13.5. The third-order valence-corrected chi connectivity index (χ3v) is 4.21. The molecule has 1 atom stereocenters. The molecule has 0 aliphatic heterocycles. The average molecular weight is 396 g/mol. The first-order chi connectivity index (χ1) is 12.4. The summed E-state index contributed by atoms with van der Waals surface area (Å²) < 4.78 is 28.2. The van der Waals surface area contributed by atoms with Crippen LogP contribution in [-0.4, -0.2) is 15.7 Å². The van der Waals surface area contributed by atoms with E-state index in [2.05, 4.69) is 10.4 Å². The van der Waals surface area contributed by atoms with E-state index < -0.39 is 17.4 Å². The normalized spacial score (nSPS) is 12.0. The molecule has 0 saturated carbocycles. The van der Waals surface area contributed by atoms with E-state index in [9.17, 15) is 13.6 Å². The highest BCUT2D eigenvalue weighted by molar-refractivity contribution is 6.31. The molecule has 3 rings (SSSR count). The van der Waals surface area contributed by atoms with Gasteiger partial charge in [-0.25, -0.2) is 8.78 Å². The van der Waals surface area contributed by atoms with Crippen molar-refractivity contribution in [1.82, 2.24) is 9.78 Å². The first kappa shape index (κ1) is 18.4. The summed E-state index contributed by atoms with van der Waals surface area (Å²) in [4.78, 5) is 12.6. The molecule has 1 heterocycles. The van der Waals surface area contributed by atoms with Crippen LogP contribution in [0.15, 0.2) is 48.7 Å². The minimum Gasteiger partial charge on any atom is -0.321 e. The molecule has 1 unspecified atom stereocenters.